The third-order valence-corrected chi connectivity index (χ3v) is 9.80. The summed E-state index contributed by atoms with van der Waals surface area (Å²) < 4.78 is 5.38. The second kappa shape index (κ2) is 13.4. The predicted molar refractivity (Wildman–Crippen MR) is 169 cm³/mol. The van der Waals surface area contributed by atoms with E-state index in [4.69, 9.17) is 16.3 Å². The van der Waals surface area contributed by atoms with E-state index in [2.05, 4.69) is 31.4 Å². The van der Waals surface area contributed by atoms with E-state index in [0.717, 1.165) is 40.2 Å². The van der Waals surface area contributed by atoms with E-state index < -0.39 is 5.25 Å². The van der Waals surface area contributed by atoms with E-state index >= 15 is 0 Å². The van der Waals surface area contributed by atoms with Crippen LogP contribution in [0.25, 0.3) is 0 Å². The number of hydrogen-bond donors (Lipinski definition) is 2. The SMILES string of the molecule is CCOC(=O)c1c(NC(=O)C(C)Sc2cccc(NC(=O)Cc3ccc(Cl)cc3)c2)sc2c1CCC(C(C)(C)C)C2. The standard InChI is InChI=1S/C32H37ClN2O4S2/c1-6-39-31(38)28-25-15-12-21(32(3,4)5)17-26(25)41-30(28)35-29(37)19(2)40-24-9-7-8-23(18-24)34-27(36)16-20-10-13-22(33)14-11-20/h7-11,13-14,18-19,21H,6,12,15-17H2,1-5H3,(H,34,36)(H,35,37). The molecule has 0 radical (unpaired) electrons. The number of carbonyl (C=O) groups is 3. The van der Waals surface area contributed by atoms with Gasteiger partial charge in [-0.3, -0.25) is 9.59 Å². The molecule has 41 heavy (non-hydrogen) atoms. The molecule has 0 aliphatic heterocycles. The van der Waals surface area contributed by atoms with Crippen molar-refractivity contribution < 1.29 is 19.1 Å². The molecule has 0 bridgehead atoms. The first-order valence-electron chi connectivity index (χ1n) is 13.9. The number of thiophene rings is 1. The van der Waals surface area contributed by atoms with Crippen LogP contribution in [-0.4, -0.2) is 29.6 Å². The van der Waals surface area contributed by atoms with Crippen molar-refractivity contribution in [1.29, 1.82) is 0 Å². The molecule has 0 spiro atoms. The second-order valence-electron chi connectivity index (χ2n) is 11.4. The molecule has 2 amide bonds. The van der Waals surface area contributed by atoms with Gasteiger partial charge in [-0.1, -0.05) is 50.6 Å². The Morgan fingerprint density at radius 3 is 2.54 bits per heavy atom. The lowest BCUT2D eigenvalue weighted by molar-refractivity contribution is -0.116. The average Bonchev–Trinajstić information content (AvgIpc) is 3.27. The van der Waals surface area contributed by atoms with E-state index in [1.807, 2.05) is 43.3 Å². The maximum absolute atomic E-state index is 13.3. The molecule has 4 rings (SSSR count). The Bertz CT molecular complexity index is 1410. The summed E-state index contributed by atoms with van der Waals surface area (Å²) in [5.74, 6) is -0.191. The summed E-state index contributed by atoms with van der Waals surface area (Å²) in [5.41, 5.74) is 3.23. The Morgan fingerprint density at radius 1 is 1.12 bits per heavy atom. The number of carbonyl (C=O) groups excluding carboxylic acids is 3. The number of anilines is 2. The van der Waals surface area contributed by atoms with Gasteiger partial charge in [0.15, 0.2) is 0 Å². The normalized spacial score (nSPS) is 15.5. The molecule has 218 valence electrons. The maximum atomic E-state index is 13.3. The van der Waals surface area contributed by atoms with Crippen LogP contribution >= 0.6 is 34.7 Å². The van der Waals surface area contributed by atoms with E-state index in [0.29, 0.717) is 27.2 Å². The quantitative estimate of drug-likeness (QED) is 0.189. The first kappa shape index (κ1) is 31.1. The zero-order valence-corrected chi connectivity index (χ0v) is 26.5. The summed E-state index contributed by atoms with van der Waals surface area (Å²) in [7, 11) is 0. The van der Waals surface area contributed by atoms with Crippen LogP contribution in [-0.2, 0) is 33.6 Å². The molecular weight excluding hydrogens is 576 g/mol. The van der Waals surface area contributed by atoms with Crippen molar-refractivity contribution in [3.63, 3.8) is 0 Å². The van der Waals surface area contributed by atoms with Crippen molar-refractivity contribution in [2.24, 2.45) is 11.3 Å². The lowest BCUT2D eigenvalue weighted by Gasteiger charge is -2.33. The summed E-state index contributed by atoms with van der Waals surface area (Å²) in [5, 5.41) is 6.72. The van der Waals surface area contributed by atoms with E-state index in [-0.39, 0.29) is 36.2 Å². The summed E-state index contributed by atoms with van der Waals surface area (Å²) in [6.07, 6.45) is 2.94. The zero-order chi connectivity index (χ0) is 29.7. The number of nitrogens with one attached hydrogen (secondary N) is 2. The van der Waals surface area contributed by atoms with Gasteiger partial charge >= 0.3 is 5.97 Å². The molecule has 3 aromatic rings. The van der Waals surface area contributed by atoms with Crippen molar-refractivity contribution in [2.45, 2.75) is 70.4 Å². The zero-order valence-electron chi connectivity index (χ0n) is 24.1. The van der Waals surface area contributed by atoms with Gasteiger partial charge < -0.3 is 15.4 Å². The summed E-state index contributed by atoms with van der Waals surface area (Å²) in [6, 6.07) is 14.6. The van der Waals surface area contributed by atoms with Crippen LogP contribution in [0.4, 0.5) is 10.7 Å². The molecule has 0 saturated carbocycles. The third kappa shape index (κ3) is 8.15. The molecule has 2 N–H and O–H groups in total. The van der Waals surface area contributed by atoms with Crippen LogP contribution < -0.4 is 10.6 Å². The Labute approximate surface area is 255 Å². The van der Waals surface area contributed by atoms with Gasteiger partial charge in [-0.25, -0.2) is 4.79 Å². The number of ether oxygens (including phenoxy) is 1. The molecule has 0 fully saturated rings. The molecule has 1 aliphatic carbocycles. The third-order valence-electron chi connectivity index (χ3n) is 7.28. The number of hydrogen-bond acceptors (Lipinski definition) is 6. The molecular formula is C32H37ClN2O4S2. The highest BCUT2D eigenvalue weighted by Crippen LogP contribution is 2.44. The fourth-order valence-corrected chi connectivity index (χ4v) is 7.31. The van der Waals surface area contributed by atoms with Gasteiger partial charge in [0.2, 0.25) is 11.8 Å². The first-order valence-corrected chi connectivity index (χ1v) is 16.0. The van der Waals surface area contributed by atoms with Crippen molar-refractivity contribution in [3.05, 3.63) is 75.1 Å². The van der Waals surface area contributed by atoms with Crippen molar-refractivity contribution in [2.75, 3.05) is 17.2 Å². The minimum atomic E-state index is -0.438. The monoisotopic (exact) mass is 612 g/mol. The topological polar surface area (TPSA) is 84.5 Å². The summed E-state index contributed by atoms with van der Waals surface area (Å²) in [6.45, 7) is 10.7. The second-order valence-corrected chi connectivity index (χ2v) is 14.3. The van der Waals surface area contributed by atoms with E-state index in [1.54, 1.807) is 19.1 Å². The number of fused-ring (bicyclic) bond motifs is 1. The summed E-state index contributed by atoms with van der Waals surface area (Å²) >= 11 is 8.82. The van der Waals surface area contributed by atoms with Gasteiger partial charge in [0.1, 0.15) is 5.00 Å². The van der Waals surface area contributed by atoms with Crippen LogP contribution in [0.15, 0.2) is 53.4 Å². The molecule has 1 aromatic heterocycles. The van der Waals surface area contributed by atoms with Gasteiger partial charge in [-0.2, -0.15) is 0 Å². The van der Waals surface area contributed by atoms with Gasteiger partial charge in [-0.15, -0.1) is 23.1 Å². The first-order chi connectivity index (χ1) is 19.4. The molecule has 2 unspecified atom stereocenters. The minimum absolute atomic E-state index is 0.137. The predicted octanol–water partition coefficient (Wildman–Crippen LogP) is 8.03. The maximum Gasteiger partial charge on any atom is 0.341 e. The van der Waals surface area contributed by atoms with Gasteiger partial charge in [0, 0.05) is 20.5 Å². The smallest absolute Gasteiger partial charge is 0.341 e. The van der Waals surface area contributed by atoms with E-state index in [9.17, 15) is 14.4 Å². The number of benzene rings is 2. The molecule has 6 nitrogen and oxygen atoms in total. The highest BCUT2D eigenvalue weighted by atomic mass is 35.5. The Morgan fingerprint density at radius 2 is 1.85 bits per heavy atom. The van der Waals surface area contributed by atoms with Crippen molar-refractivity contribution >= 4 is 63.2 Å². The average molecular weight is 613 g/mol. The van der Waals surface area contributed by atoms with E-state index in [1.165, 1.54) is 23.1 Å². The molecule has 9 heteroatoms. The lowest BCUT2D eigenvalue weighted by atomic mass is 9.72. The number of thioether (sulfide) groups is 1. The van der Waals surface area contributed by atoms with Crippen molar-refractivity contribution in [3.8, 4) is 0 Å². The number of halogens is 1. The summed E-state index contributed by atoms with van der Waals surface area (Å²) in [4.78, 5) is 40.8. The molecule has 2 atom stereocenters. The minimum Gasteiger partial charge on any atom is -0.462 e. The van der Waals surface area contributed by atoms with Gasteiger partial charge in [0.05, 0.1) is 23.8 Å². The molecule has 1 heterocycles. The lowest BCUT2D eigenvalue weighted by Crippen LogP contribution is -2.27. The van der Waals surface area contributed by atoms with Crippen LogP contribution in [0.3, 0.4) is 0 Å². The van der Waals surface area contributed by atoms with Crippen LogP contribution in [0.5, 0.6) is 0 Å². The fourth-order valence-electron chi connectivity index (χ4n) is 4.94. The number of rotatable bonds is 9. The highest BCUT2D eigenvalue weighted by molar-refractivity contribution is 8.00. The molecule has 2 aromatic carbocycles. The van der Waals surface area contributed by atoms with Crippen LogP contribution in [0, 0.1) is 11.3 Å². The van der Waals surface area contributed by atoms with Crippen molar-refractivity contribution in [1.82, 2.24) is 0 Å². The van der Waals surface area contributed by atoms with Gasteiger partial charge in [0.25, 0.3) is 0 Å². The number of amides is 2. The largest absolute Gasteiger partial charge is 0.462 e. The Hall–Kier alpha value is -2.81. The van der Waals surface area contributed by atoms with Crippen LogP contribution in [0.1, 0.15) is 67.4 Å². The Balaban J connectivity index is 1.43. The molecule has 0 saturated heterocycles. The highest BCUT2D eigenvalue weighted by Gasteiger charge is 2.34. The van der Waals surface area contributed by atoms with Gasteiger partial charge in [-0.05, 0) is 85.9 Å². The number of esters is 1. The Kier molecular flexibility index (Phi) is 10.2. The fraction of sp³-hybridized carbons (Fsp3) is 0.406. The van der Waals surface area contributed by atoms with Crippen LogP contribution in [0.2, 0.25) is 5.02 Å². The molecule has 1 aliphatic rings.